The zero-order chi connectivity index (χ0) is 15.0. The van der Waals surface area contributed by atoms with Crippen molar-refractivity contribution in [3.63, 3.8) is 0 Å². The summed E-state index contributed by atoms with van der Waals surface area (Å²) in [5, 5.41) is 13.4. The molecule has 0 spiro atoms. The van der Waals surface area contributed by atoms with Gasteiger partial charge in [-0.25, -0.2) is 4.79 Å². The Morgan fingerprint density at radius 1 is 1.29 bits per heavy atom. The fourth-order valence-electron chi connectivity index (χ4n) is 3.34. The zero-order valence-electron chi connectivity index (χ0n) is 11.6. The van der Waals surface area contributed by atoms with Crippen LogP contribution in [0.25, 0.3) is 0 Å². The van der Waals surface area contributed by atoms with Crippen LogP contribution in [-0.2, 0) is 0 Å². The Morgan fingerprint density at radius 2 is 2.00 bits per heavy atom. The molecule has 0 radical (unpaired) electrons. The van der Waals surface area contributed by atoms with Crippen molar-refractivity contribution < 1.29 is 9.72 Å². The SMILES string of the molecule is NC1CCC2CN(C(=O)Nc3ccc([N+](=O)[O-])cc3)CC12. The number of urea groups is 1. The number of amides is 2. The number of hydrogen-bond donors (Lipinski definition) is 2. The first-order chi connectivity index (χ1) is 10.0. The summed E-state index contributed by atoms with van der Waals surface area (Å²) in [6.07, 6.45) is 2.14. The van der Waals surface area contributed by atoms with Crippen LogP contribution in [-0.4, -0.2) is 35.0 Å². The van der Waals surface area contributed by atoms with E-state index in [9.17, 15) is 14.9 Å². The number of benzene rings is 1. The van der Waals surface area contributed by atoms with Crippen LogP contribution in [0.2, 0.25) is 0 Å². The molecule has 1 saturated heterocycles. The van der Waals surface area contributed by atoms with Crippen molar-refractivity contribution in [2.75, 3.05) is 18.4 Å². The van der Waals surface area contributed by atoms with E-state index in [2.05, 4.69) is 5.32 Å². The molecule has 3 N–H and O–H groups in total. The predicted molar refractivity (Wildman–Crippen MR) is 77.9 cm³/mol. The van der Waals surface area contributed by atoms with Crippen molar-refractivity contribution in [1.82, 2.24) is 4.90 Å². The minimum absolute atomic E-state index is 0.00896. The van der Waals surface area contributed by atoms with Gasteiger partial charge in [-0.1, -0.05) is 0 Å². The molecule has 1 heterocycles. The van der Waals surface area contributed by atoms with Crippen LogP contribution in [0.4, 0.5) is 16.2 Å². The molecule has 0 aromatic heterocycles. The number of non-ortho nitro benzene ring substituents is 1. The second kappa shape index (κ2) is 5.33. The van der Waals surface area contributed by atoms with Crippen LogP contribution in [0.3, 0.4) is 0 Å². The molecule has 1 saturated carbocycles. The molecule has 1 aliphatic heterocycles. The Bertz CT molecular complexity index is 560. The van der Waals surface area contributed by atoms with Crippen molar-refractivity contribution in [3.8, 4) is 0 Å². The largest absolute Gasteiger partial charge is 0.327 e. The van der Waals surface area contributed by atoms with Crippen molar-refractivity contribution in [1.29, 1.82) is 0 Å². The van der Waals surface area contributed by atoms with E-state index in [1.807, 2.05) is 0 Å². The van der Waals surface area contributed by atoms with Crippen molar-refractivity contribution in [3.05, 3.63) is 34.4 Å². The van der Waals surface area contributed by atoms with Gasteiger partial charge >= 0.3 is 6.03 Å². The highest BCUT2D eigenvalue weighted by atomic mass is 16.6. The number of nitrogens with two attached hydrogens (primary N) is 1. The molecule has 1 aromatic carbocycles. The summed E-state index contributed by atoms with van der Waals surface area (Å²) in [4.78, 5) is 24.1. The van der Waals surface area contributed by atoms with Crippen LogP contribution in [0.15, 0.2) is 24.3 Å². The lowest BCUT2D eigenvalue weighted by Gasteiger charge is -2.19. The lowest BCUT2D eigenvalue weighted by Crippen LogP contribution is -2.36. The standard InChI is InChI=1S/C14H18N4O3/c15-13-6-1-9-7-17(8-12(9)13)14(19)16-10-2-4-11(5-3-10)18(20)21/h2-5,9,12-13H,1,6-8,15H2,(H,16,19). The number of fused-ring (bicyclic) bond motifs is 1. The Hall–Kier alpha value is -2.15. The van der Waals surface area contributed by atoms with Crippen molar-refractivity contribution in [2.45, 2.75) is 18.9 Å². The van der Waals surface area contributed by atoms with Gasteiger partial charge in [0.05, 0.1) is 4.92 Å². The number of carbonyl (C=O) groups is 1. The van der Waals surface area contributed by atoms with Crippen molar-refractivity contribution >= 4 is 17.4 Å². The normalized spacial score (nSPS) is 27.5. The van der Waals surface area contributed by atoms with E-state index < -0.39 is 4.92 Å². The van der Waals surface area contributed by atoms with Crippen LogP contribution in [0, 0.1) is 22.0 Å². The van der Waals surface area contributed by atoms with Crippen LogP contribution >= 0.6 is 0 Å². The molecule has 112 valence electrons. The number of anilines is 1. The minimum atomic E-state index is -0.464. The van der Waals surface area contributed by atoms with Gasteiger partial charge in [0.2, 0.25) is 0 Å². The van der Waals surface area contributed by atoms with Crippen LogP contribution < -0.4 is 11.1 Å². The predicted octanol–water partition coefficient (Wildman–Crippen LogP) is 1.80. The molecule has 7 nitrogen and oxygen atoms in total. The van der Waals surface area contributed by atoms with Gasteiger partial charge in [-0.3, -0.25) is 10.1 Å². The molecule has 1 aliphatic carbocycles. The number of likely N-dealkylation sites (tertiary alicyclic amines) is 1. The molecule has 2 fully saturated rings. The van der Waals surface area contributed by atoms with Gasteiger partial charge in [0.25, 0.3) is 5.69 Å². The first-order valence-corrected chi connectivity index (χ1v) is 7.10. The fraction of sp³-hybridized carbons (Fsp3) is 0.500. The summed E-state index contributed by atoms with van der Waals surface area (Å²) in [5.74, 6) is 0.926. The van der Waals surface area contributed by atoms with Gasteiger partial charge in [-0.2, -0.15) is 0 Å². The molecule has 2 amide bonds. The molecule has 21 heavy (non-hydrogen) atoms. The number of nitrogens with zero attached hydrogens (tertiary/aromatic N) is 2. The lowest BCUT2D eigenvalue weighted by molar-refractivity contribution is -0.384. The molecule has 3 unspecified atom stereocenters. The summed E-state index contributed by atoms with van der Waals surface area (Å²) in [5.41, 5.74) is 6.63. The smallest absolute Gasteiger partial charge is 0.321 e. The highest BCUT2D eigenvalue weighted by Gasteiger charge is 2.42. The Balaban J connectivity index is 1.61. The van der Waals surface area contributed by atoms with E-state index in [4.69, 9.17) is 5.73 Å². The summed E-state index contributed by atoms with van der Waals surface area (Å²) >= 11 is 0. The summed E-state index contributed by atoms with van der Waals surface area (Å²) in [6.45, 7) is 1.45. The average Bonchev–Trinajstić information content (AvgIpc) is 3.02. The van der Waals surface area contributed by atoms with Crippen LogP contribution in [0.5, 0.6) is 0 Å². The van der Waals surface area contributed by atoms with E-state index in [1.165, 1.54) is 12.1 Å². The Labute approximate surface area is 122 Å². The number of nitrogens with one attached hydrogen (secondary N) is 1. The summed E-state index contributed by atoms with van der Waals surface area (Å²) in [6, 6.07) is 5.88. The average molecular weight is 290 g/mol. The molecule has 3 atom stereocenters. The quantitative estimate of drug-likeness (QED) is 0.640. The zero-order valence-corrected chi connectivity index (χ0v) is 11.6. The van der Waals surface area contributed by atoms with Crippen molar-refractivity contribution in [2.24, 2.45) is 17.6 Å². The van der Waals surface area contributed by atoms with E-state index >= 15 is 0 Å². The third-order valence-corrected chi connectivity index (χ3v) is 4.53. The van der Waals surface area contributed by atoms with E-state index in [0.29, 0.717) is 24.1 Å². The van der Waals surface area contributed by atoms with Gasteiger partial charge in [0.1, 0.15) is 0 Å². The molecule has 0 bridgehead atoms. The molecule has 2 aliphatic rings. The second-order valence-electron chi connectivity index (χ2n) is 5.80. The first kappa shape index (κ1) is 13.8. The number of nitro groups is 1. The van der Waals surface area contributed by atoms with Gasteiger partial charge in [0, 0.05) is 37.0 Å². The van der Waals surface area contributed by atoms with E-state index in [1.54, 1.807) is 17.0 Å². The molecular formula is C14H18N4O3. The third-order valence-electron chi connectivity index (χ3n) is 4.53. The first-order valence-electron chi connectivity index (χ1n) is 7.10. The molecule has 3 rings (SSSR count). The maximum atomic E-state index is 12.2. The molecular weight excluding hydrogens is 272 g/mol. The third kappa shape index (κ3) is 2.69. The maximum absolute atomic E-state index is 12.2. The number of hydrogen-bond acceptors (Lipinski definition) is 4. The number of rotatable bonds is 2. The Morgan fingerprint density at radius 3 is 2.62 bits per heavy atom. The lowest BCUT2D eigenvalue weighted by atomic mass is 9.98. The van der Waals surface area contributed by atoms with Gasteiger partial charge in [-0.15, -0.1) is 0 Å². The molecule has 7 heteroatoms. The number of nitro benzene ring substituents is 1. The minimum Gasteiger partial charge on any atom is -0.327 e. The second-order valence-corrected chi connectivity index (χ2v) is 5.80. The van der Waals surface area contributed by atoms with Gasteiger partial charge in [-0.05, 0) is 36.8 Å². The van der Waals surface area contributed by atoms with Gasteiger partial charge in [0.15, 0.2) is 0 Å². The highest BCUT2D eigenvalue weighted by Crippen LogP contribution is 2.37. The van der Waals surface area contributed by atoms with Gasteiger partial charge < -0.3 is 16.0 Å². The summed E-state index contributed by atoms with van der Waals surface area (Å²) in [7, 11) is 0. The monoisotopic (exact) mass is 290 g/mol. The molecule has 1 aromatic rings. The highest BCUT2D eigenvalue weighted by molar-refractivity contribution is 5.89. The fourth-order valence-corrected chi connectivity index (χ4v) is 3.34. The topological polar surface area (TPSA) is 102 Å². The summed E-state index contributed by atoms with van der Waals surface area (Å²) < 4.78 is 0. The number of carbonyl (C=O) groups excluding carboxylic acids is 1. The Kier molecular flexibility index (Phi) is 3.50. The van der Waals surface area contributed by atoms with Crippen LogP contribution in [0.1, 0.15) is 12.8 Å². The van der Waals surface area contributed by atoms with E-state index in [-0.39, 0.29) is 17.8 Å². The van der Waals surface area contributed by atoms with E-state index in [0.717, 1.165) is 19.4 Å². The maximum Gasteiger partial charge on any atom is 0.321 e.